The van der Waals surface area contributed by atoms with Crippen LogP contribution in [0, 0.1) is 28.6 Å². The molecule has 218 valence electrons. The monoisotopic (exact) mass is 559 g/mol. The maximum Gasteiger partial charge on any atom is 0.471 e. The molecule has 5 N–H and O–H groups in total. The molecule has 4 rings (SSSR count). The predicted octanol–water partition coefficient (Wildman–Crippen LogP) is -0.170. The zero-order valence-corrected chi connectivity index (χ0v) is 22.2. The minimum absolute atomic E-state index is 0.00655. The van der Waals surface area contributed by atoms with Crippen LogP contribution in [0.3, 0.4) is 0 Å². The number of ether oxygens (including phenoxy) is 1. The van der Waals surface area contributed by atoms with E-state index in [9.17, 15) is 37.1 Å². The van der Waals surface area contributed by atoms with Gasteiger partial charge in [-0.1, -0.05) is 20.8 Å². The number of nitrogens with zero attached hydrogens (tertiary/aromatic N) is 1. The lowest BCUT2D eigenvalue weighted by molar-refractivity contribution is -0.177. The number of piperidine rings is 1. The molecule has 0 spiro atoms. The Labute approximate surface area is 224 Å². The van der Waals surface area contributed by atoms with Crippen LogP contribution in [-0.4, -0.2) is 85.0 Å². The molecule has 0 unspecified atom stereocenters. The summed E-state index contributed by atoms with van der Waals surface area (Å²) in [4.78, 5) is 65.0. The van der Waals surface area contributed by atoms with Crippen molar-refractivity contribution < 1.29 is 41.9 Å². The third-order valence-corrected chi connectivity index (χ3v) is 9.21. The number of nitrogens with one attached hydrogen (secondary N) is 3. The Morgan fingerprint density at radius 1 is 1.15 bits per heavy atom. The molecule has 0 aromatic rings. The Bertz CT molecular complexity index is 1040. The first kappa shape index (κ1) is 29.1. The van der Waals surface area contributed by atoms with Gasteiger partial charge in [0, 0.05) is 37.6 Å². The Morgan fingerprint density at radius 2 is 1.79 bits per heavy atom. The molecule has 0 aromatic heterocycles. The van der Waals surface area contributed by atoms with Crippen LogP contribution in [0.1, 0.15) is 46.5 Å². The molecular weight excluding hydrogens is 523 g/mol. The molecule has 3 aliphatic heterocycles. The average Bonchev–Trinajstić information content (AvgIpc) is 3.19. The van der Waals surface area contributed by atoms with Gasteiger partial charge in [-0.15, -0.1) is 0 Å². The predicted molar refractivity (Wildman–Crippen MR) is 129 cm³/mol. The number of primary amides is 1. The quantitative estimate of drug-likeness (QED) is 0.323. The van der Waals surface area contributed by atoms with Gasteiger partial charge >= 0.3 is 12.1 Å². The lowest BCUT2D eigenvalue weighted by Gasteiger charge is -2.43. The van der Waals surface area contributed by atoms with Crippen molar-refractivity contribution in [3.63, 3.8) is 0 Å². The van der Waals surface area contributed by atoms with Crippen LogP contribution in [-0.2, 0) is 28.7 Å². The summed E-state index contributed by atoms with van der Waals surface area (Å²) in [5, 5.41) is 7.17. The topological polar surface area (TPSA) is 160 Å². The van der Waals surface area contributed by atoms with Gasteiger partial charge in [-0.3, -0.25) is 24.0 Å². The van der Waals surface area contributed by atoms with Gasteiger partial charge in [0.2, 0.25) is 23.6 Å². The van der Waals surface area contributed by atoms with Gasteiger partial charge < -0.3 is 31.3 Å². The van der Waals surface area contributed by atoms with Crippen LogP contribution >= 0.6 is 0 Å². The van der Waals surface area contributed by atoms with Gasteiger partial charge in [0.05, 0.1) is 0 Å². The number of hydrogen-bond acceptors (Lipinski definition) is 6. The molecule has 0 radical (unpaired) electrons. The van der Waals surface area contributed by atoms with Crippen LogP contribution in [0.5, 0.6) is 0 Å². The van der Waals surface area contributed by atoms with Crippen LogP contribution in [0.25, 0.3) is 0 Å². The van der Waals surface area contributed by atoms with Gasteiger partial charge in [-0.05, 0) is 42.9 Å². The fourth-order valence-electron chi connectivity index (χ4n) is 6.51. The highest BCUT2D eigenvalue weighted by atomic mass is 19.4. The maximum atomic E-state index is 13.9. The molecule has 3 heterocycles. The number of carbonyl (C=O) groups excluding carboxylic acids is 5. The van der Waals surface area contributed by atoms with Crippen LogP contribution in [0.4, 0.5) is 13.2 Å². The number of halogens is 3. The molecule has 6 atom stereocenters. The summed E-state index contributed by atoms with van der Waals surface area (Å²) in [5.41, 5.74) is 4.17. The third kappa shape index (κ3) is 5.57. The van der Waals surface area contributed by atoms with Gasteiger partial charge in [-0.25, -0.2) is 0 Å². The number of amides is 5. The Hall–Kier alpha value is -2.90. The van der Waals surface area contributed by atoms with E-state index in [0.29, 0.717) is 13.0 Å². The van der Waals surface area contributed by atoms with Gasteiger partial charge in [0.25, 0.3) is 0 Å². The summed E-state index contributed by atoms with van der Waals surface area (Å²) in [5.74, 6) is -5.67. The highest BCUT2D eigenvalue weighted by Gasteiger charge is 2.70. The van der Waals surface area contributed by atoms with E-state index in [0.717, 1.165) is 0 Å². The second kappa shape index (κ2) is 10.3. The fourth-order valence-corrected chi connectivity index (χ4v) is 6.51. The molecule has 3 saturated heterocycles. The molecule has 11 nitrogen and oxygen atoms in total. The van der Waals surface area contributed by atoms with E-state index in [1.807, 2.05) is 19.2 Å². The fraction of sp³-hybridized carbons (Fsp3) is 0.800. The Balaban J connectivity index is 1.59. The highest BCUT2D eigenvalue weighted by Crippen LogP contribution is 2.65. The molecule has 39 heavy (non-hydrogen) atoms. The number of rotatable bonds is 8. The number of alkyl halides is 3. The molecule has 1 saturated carbocycles. The third-order valence-electron chi connectivity index (χ3n) is 9.21. The standard InChI is InChI=1S/C25H36F3N5O6/c1-23(2)13-11-33(21(37)17(32-22(38)25(26,27)28)24(3)5-8-39-9-6-24)16(15(13)23)20(36)31-14(18(29)34)10-12-4-7-30-19(12)35/h12-17H,4-11H2,1-3H3,(H2,29,34)(H,30,35)(H,31,36)(H,32,38)/t12-,13-,14-,15-,16-,17+/m0/s1. The number of likely N-dealkylation sites (tertiary alicyclic amines) is 1. The molecule has 0 aromatic carbocycles. The van der Waals surface area contributed by atoms with E-state index < -0.39 is 59.3 Å². The van der Waals surface area contributed by atoms with E-state index in [2.05, 4.69) is 10.6 Å². The second-order valence-corrected chi connectivity index (χ2v) is 12.0. The highest BCUT2D eigenvalue weighted by molar-refractivity contribution is 5.96. The van der Waals surface area contributed by atoms with Crippen molar-refractivity contribution in [3.05, 3.63) is 0 Å². The first-order chi connectivity index (χ1) is 18.1. The van der Waals surface area contributed by atoms with Crippen molar-refractivity contribution in [1.29, 1.82) is 0 Å². The zero-order valence-electron chi connectivity index (χ0n) is 22.2. The minimum Gasteiger partial charge on any atom is -0.381 e. The maximum absolute atomic E-state index is 13.9. The van der Waals surface area contributed by atoms with E-state index in [4.69, 9.17) is 10.5 Å². The number of fused-ring (bicyclic) bond motifs is 1. The SMILES string of the molecule is CC1([C@H](NC(=O)C(F)(F)F)C(=O)N2C[C@H]3[C@@H]([C@H]2C(=O)N[C@@H](C[C@@H]2CCNC2=O)C(N)=O)C3(C)C)CCOCC1. The molecular formula is C25H36F3N5O6. The summed E-state index contributed by atoms with van der Waals surface area (Å²) in [7, 11) is 0. The number of hydrogen-bond donors (Lipinski definition) is 4. The summed E-state index contributed by atoms with van der Waals surface area (Å²) in [6, 6.07) is -3.79. The van der Waals surface area contributed by atoms with Crippen molar-refractivity contribution in [1.82, 2.24) is 20.9 Å². The smallest absolute Gasteiger partial charge is 0.381 e. The zero-order chi connectivity index (χ0) is 28.9. The lowest BCUT2D eigenvalue weighted by Crippen LogP contribution is -2.63. The summed E-state index contributed by atoms with van der Waals surface area (Å²) in [6.45, 7) is 6.47. The molecule has 4 aliphatic rings. The second-order valence-electron chi connectivity index (χ2n) is 12.0. The summed E-state index contributed by atoms with van der Waals surface area (Å²) < 4.78 is 45.0. The van der Waals surface area contributed by atoms with Crippen LogP contribution in [0.15, 0.2) is 0 Å². The average molecular weight is 560 g/mol. The van der Waals surface area contributed by atoms with Crippen molar-refractivity contribution in [2.75, 3.05) is 26.3 Å². The summed E-state index contributed by atoms with van der Waals surface area (Å²) >= 11 is 0. The molecule has 1 aliphatic carbocycles. The van der Waals surface area contributed by atoms with E-state index in [1.165, 1.54) is 4.90 Å². The van der Waals surface area contributed by atoms with Crippen molar-refractivity contribution in [2.24, 2.45) is 34.3 Å². The summed E-state index contributed by atoms with van der Waals surface area (Å²) in [6.07, 6.45) is -4.26. The van der Waals surface area contributed by atoms with Crippen molar-refractivity contribution >= 4 is 29.5 Å². The van der Waals surface area contributed by atoms with E-state index >= 15 is 0 Å². The molecule has 0 bridgehead atoms. The lowest BCUT2D eigenvalue weighted by atomic mass is 9.74. The first-order valence-corrected chi connectivity index (χ1v) is 13.2. The number of nitrogens with two attached hydrogens (primary N) is 1. The van der Waals surface area contributed by atoms with E-state index in [1.54, 1.807) is 6.92 Å². The van der Waals surface area contributed by atoms with Crippen molar-refractivity contribution in [3.8, 4) is 0 Å². The van der Waals surface area contributed by atoms with Gasteiger partial charge in [0.1, 0.15) is 18.1 Å². The van der Waals surface area contributed by atoms with E-state index in [-0.39, 0.29) is 62.2 Å². The largest absolute Gasteiger partial charge is 0.471 e. The van der Waals surface area contributed by atoms with Crippen LogP contribution < -0.4 is 21.7 Å². The van der Waals surface area contributed by atoms with Crippen molar-refractivity contribution in [2.45, 2.75) is 70.8 Å². The minimum atomic E-state index is -5.20. The van der Waals surface area contributed by atoms with Gasteiger partial charge in [-0.2, -0.15) is 13.2 Å². The first-order valence-electron chi connectivity index (χ1n) is 13.2. The molecule has 5 amide bonds. The number of carbonyl (C=O) groups is 5. The molecule has 14 heteroatoms. The normalized spacial score (nSPS) is 30.5. The van der Waals surface area contributed by atoms with Crippen LogP contribution in [0.2, 0.25) is 0 Å². The Morgan fingerprint density at radius 3 is 2.33 bits per heavy atom. The molecule has 4 fully saturated rings. The van der Waals surface area contributed by atoms with Gasteiger partial charge in [0.15, 0.2) is 0 Å². The Kier molecular flexibility index (Phi) is 7.65.